The Balaban J connectivity index is 1.54. The summed E-state index contributed by atoms with van der Waals surface area (Å²) in [6.45, 7) is 4.93. The standard InChI is InChI=1S/C27H38N8O4/c1-17(2)24-27(39)29-20-14-22(34(3)15-20)26(38)30-21(13-18-7-5-4-6-8-18)25(37)28-11-12-35-16-19(32-33-35)9-10-23(36)31-24/h4-8,16-17,20-22,24H,9-15H2,1-3H3,(H,28,37)(H,29,39)(H,30,38)(H,31,36)/t20-,21-,22-,24+/m0/s1. The molecular weight excluding hydrogens is 500 g/mol. The van der Waals surface area contributed by atoms with Gasteiger partial charge >= 0.3 is 0 Å². The van der Waals surface area contributed by atoms with Crippen LogP contribution in [0, 0.1) is 5.92 Å². The van der Waals surface area contributed by atoms with Crippen molar-refractivity contribution >= 4 is 23.6 Å². The van der Waals surface area contributed by atoms with Crippen LogP contribution in [-0.2, 0) is 38.6 Å². The van der Waals surface area contributed by atoms with E-state index in [1.54, 1.807) is 10.9 Å². The van der Waals surface area contributed by atoms with E-state index in [2.05, 4.69) is 31.6 Å². The van der Waals surface area contributed by atoms with E-state index in [9.17, 15) is 19.2 Å². The first-order valence-electron chi connectivity index (χ1n) is 13.5. The molecule has 4 rings (SSSR count). The van der Waals surface area contributed by atoms with E-state index in [1.807, 2.05) is 56.1 Å². The van der Waals surface area contributed by atoms with Crippen molar-refractivity contribution < 1.29 is 19.2 Å². The summed E-state index contributed by atoms with van der Waals surface area (Å²) < 4.78 is 1.61. The number of aromatic nitrogens is 3. The summed E-state index contributed by atoms with van der Waals surface area (Å²) in [6, 6.07) is 7.30. The minimum absolute atomic E-state index is 0.122. The predicted octanol–water partition coefficient (Wildman–Crippen LogP) is -0.602. The molecule has 2 aliphatic rings. The third-order valence-corrected chi connectivity index (χ3v) is 7.21. The number of aryl methyl sites for hydroxylation is 1. The highest BCUT2D eigenvalue weighted by Gasteiger charge is 2.38. The van der Waals surface area contributed by atoms with Gasteiger partial charge in [0.1, 0.15) is 12.1 Å². The Morgan fingerprint density at radius 3 is 2.49 bits per heavy atom. The van der Waals surface area contributed by atoms with Crippen LogP contribution >= 0.6 is 0 Å². The fraction of sp³-hybridized carbons (Fsp3) is 0.556. The van der Waals surface area contributed by atoms with Crippen molar-refractivity contribution in [1.82, 2.24) is 41.2 Å². The molecule has 210 valence electrons. The number of benzene rings is 1. The number of likely N-dealkylation sites (tertiary alicyclic amines) is 1. The molecule has 4 amide bonds. The fourth-order valence-corrected chi connectivity index (χ4v) is 5.03. The molecule has 4 bridgehead atoms. The quantitative estimate of drug-likeness (QED) is 0.407. The number of carbonyl (C=O) groups excluding carboxylic acids is 4. The van der Waals surface area contributed by atoms with Crippen molar-refractivity contribution in [1.29, 1.82) is 0 Å². The molecule has 0 unspecified atom stereocenters. The number of nitrogens with one attached hydrogen (secondary N) is 4. The van der Waals surface area contributed by atoms with Crippen LogP contribution in [0.3, 0.4) is 0 Å². The van der Waals surface area contributed by atoms with Gasteiger partial charge in [0.25, 0.3) is 0 Å². The van der Waals surface area contributed by atoms with E-state index < -0.39 is 18.1 Å². The van der Waals surface area contributed by atoms with E-state index in [0.29, 0.717) is 44.6 Å². The van der Waals surface area contributed by atoms with E-state index in [1.165, 1.54) is 0 Å². The molecular formula is C27H38N8O4. The highest BCUT2D eigenvalue weighted by molar-refractivity contribution is 5.91. The molecule has 2 aromatic rings. The average molecular weight is 539 g/mol. The van der Waals surface area contributed by atoms with Crippen molar-refractivity contribution in [2.75, 3.05) is 20.1 Å². The van der Waals surface area contributed by atoms with Gasteiger partial charge in [-0.3, -0.25) is 28.8 Å². The molecule has 12 nitrogen and oxygen atoms in total. The van der Waals surface area contributed by atoms with E-state index in [0.717, 1.165) is 5.56 Å². The molecule has 0 saturated carbocycles. The van der Waals surface area contributed by atoms with Crippen molar-refractivity contribution in [3.8, 4) is 0 Å². The Bertz CT molecular complexity index is 1170. The normalized spacial score (nSPS) is 25.9. The predicted molar refractivity (Wildman–Crippen MR) is 143 cm³/mol. The van der Waals surface area contributed by atoms with Gasteiger partial charge in [-0.05, 0) is 24.9 Å². The second kappa shape index (κ2) is 12.8. The van der Waals surface area contributed by atoms with Crippen molar-refractivity contribution in [3.05, 3.63) is 47.8 Å². The molecule has 4 atom stereocenters. The van der Waals surface area contributed by atoms with Crippen LogP contribution in [-0.4, -0.2) is 87.8 Å². The molecule has 12 heteroatoms. The molecule has 0 spiro atoms. The summed E-state index contributed by atoms with van der Waals surface area (Å²) in [7, 11) is 1.83. The van der Waals surface area contributed by atoms with Gasteiger partial charge in [-0.1, -0.05) is 49.4 Å². The average Bonchev–Trinajstić information content (AvgIpc) is 3.51. The van der Waals surface area contributed by atoms with Crippen LogP contribution in [0.1, 0.15) is 37.9 Å². The van der Waals surface area contributed by atoms with Crippen LogP contribution in [0.15, 0.2) is 36.5 Å². The van der Waals surface area contributed by atoms with Gasteiger partial charge in [0.2, 0.25) is 23.6 Å². The second-order valence-corrected chi connectivity index (χ2v) is 10.7. The van der Waals surface area contributed by atoms with Crippen LogP contribution in [0.2, 0.25) is 0 Å². The third kappa shape index (κ3) is 7.62. The van der Waals surface area contributed by atoms with Gasteiger partial charge in [-0.2, -0.15) is 0 Å². The Morgan fingerprint density at radius 1 is 0.974 bits per heavy atom. The van der Waals surface area contributed by atoms with Crippen molar-refractivity contribution in [3.63, 3.8) is 0 Å². The lowest BCUT2D eigenvalue weighted by Crippen LogP contribution is -2.53. The van der Waals surface area contributed by atoms with Crippen molar-refractivity contribution in [2.45, 2.75) is 70.2 Å². The number of rotatable bonds is 3. The van der Waals surface area contributed by atoms with Crippen LogP contribution < -0.4 is 21.3 Å². The molecule has 4 N–H and O–H groups in total. The zero-order valence-electron chi connectivity index (χ0n) is 22.7. The van der Waals surface area contributed by atoms with E-state index in [-0.39, 0.29) is 42.0 Å². The Morgan fingerprint density at radius 2 is 1.74 bits per heavy atom. The zero-order valence-corrected chi connectivity index (χ0v) is 22.7. The Kier molecular flexibility index (Phi) is 9.28. The Hall–Kier alpha value is -3.80. The lowest BCUT2D eigenvalue weighted by Gasteiger charge is -2.24. The minimum atomic E-state index is -0.764. The second-order valence-electron chi connectivity index (χ2n) is 10.7. The first-order valence-corrected chi connectivity index (χ1v) is 13.5. The molecule has 3 heterocycles. The van der Waals surface area contributed by atoms with E-state index in [4.69, 9.17) is 0 Å². The summed E-state index contributed by atoms with van der Waals surface area (Å²) >= 11 is 0. The minimum Gasteiger partial charge on any atom is -0.352 e. The van der Waals surface area contributed by atoms with Crippen LogP contribution in [0.5, 0.6) is 0 Å². The van der Waals surface area contributed by atoms with Crippen LogP contribution in [0.4, 0.5) is 0 Å². The first-order chi connectivity index (χ1) is 18.7. The van der Waals surface area contributed by atoms with Gasteiger partial charge in [-0.15, -0.1) is 5.10 Å². The number of nitrogens with zero attached hydrogens (tertiary/aromatic N) is 4. The van der Waals surface area contributed by atoms with Gasteiger partial charge in [0.05, 0.1) is 18.3 Å². The third-order valence-electron chi connectivity index (χ3n) is 7.21. The Labute approximate surface area is 228 Å². The fourth-order valence-electron chi connectivity index (χ4n) is 5.03. The first kappa shape index (κ1) is 28.2. The zero-order chi connectivity index (χ0) is 27.9. The largest absolute Gasteiger partial charge is 0.352 e. The summed E-state index contributed by atoms with van der Waals surface area (Å²) in [5.41, 5.74) is 1.57. The molecule has 39 heavy (non-hydrogen) atoms. The van der Waals surface area contributed by atoms with Gasteiger partial charge in [0.15, 0.2) is 0 Å². The number of amides is 4. The molecule has 0 radical (unpaired) electrons. The van der Waals surface area contributed by atoms with Crippen LogP contribution in [0.25, 0.3) is 0 Å². The van der Waals surface area contributed by atoms with Crippen molar-refractivity contribution in [2.24, 2.45) is 5.92 Å². The van der Waals surface area contributed by atoms with Gasteiger partial charge < -0.3 is 21.3 Å². The highest BCUT2D eigenvalue weighted by Crippen LogP contribution is 2.18. The maximum Gasteiger partial charge on any atom is 0.243 e. The smallest absolute Gasteiger partial charge is 0.243 e. The number of carbonyl (C=O) groups is 4. The molecule has 1 aromatic carbocycles. The molecule has 1 saturated heterocycles. The lowest BCUT2D eigenvalue weighted by atomic mass is 10.0. The summed E-state index contributed by atoms with van der Waals surface area (Å²) in [5.74, 6) is -1.20. The highest BCUT2D eigenvalue weighted by atomic mass is 16.2. The lowest BCUT2D eigenvalue weighted by molar-refractivity contribution is -0.131. The number of likely N-dealkylation sites (N-methyl/N-ethyl adjacent to an activating group) is 1. The topological polar surface area (TPSA) is 150 Å². The molecule has 0 aliphatic carbocycles. The maximum absolute atomic E-state index is 13.4. The molecule has 1 aromatic heterocycles. The number of hydrogen-bond acceptors (Lipinski definition) is 7. The molecule has 2 aliphatic heterocycles. The maximum atomic E-state index is 13.4. The number of fused-ring (bicyclic) bond motifs is 4. The SMILES string of the molecule is CC(C)[C@H]1NC(=O)CCc2cn(nn2)CCNC(=O)[C@H](Cc2ccccc2)NC(=O)[C@@H]2C[C@@H](CN2C)NC1=O. The summed E-state index contributed by atoms with van der Waals surface area (Å²) in [4.78, 5) is 54.2. The monoisotopic (exact) mass is 538 g/mol. The molecule has 1 fully saturated rings. The van der Waals surface area contributed by atoms with E-state index >= 15 is 0 Å². The summed E-state index contributed by atoms with van der Waals surface area (Å²) in [6.07, 6.45) is 3.03. The number of hydrogen-bond donors (Lipinski definition) is 4. The van der Waals surface area contributed by atoms with Gasteiger partial charge in [0, 0.05) is 44.6 Å². The summed E-state index contributed by atoms with van der Waals surface area (Å²) in [5, 5.41) is 19.9. The van der Waals surface area contributed by atoms with Gasteiger partial charge in [-0.25, -0.2) is 0 Å².